The summed E-state index contributed by atoms with van der Waals surface area (Å²) < 4.78 is 28.5. The van der Waals surface area contributed by atoms with Crippen molar-refractivity contribution in [1.29, 1.82) is 0 Å². The molecule has 8 nitrogen and oxygen atoms in total. The standard InChI is InChI=1S/C23H23N5O3S2/c1-17-7-5-6-10-19(17)22-25-28-21(29)15-20(24-23(28)32-22)26-11-13-27(14-12-26)33(30,31)16-18-8-3-2-4-9-18/h2-10,15H,11-14,16H2,1H3. The van der Waals surface area contributed by atoms with Crippen LogP contribution in [0.25, 0.3) is 15.5 Å². The number of hydrogen-bond donors (Lipinski definition) is 0. The summed E-state index contributed by atoms with van der Waals surface area (Å²) in [6, 6.07) is 18.6. The molecule has 0 spiro atoms. The summed E-state index contributed by atoms with van der Waals surface area (Å²) in [4.78, 5) is 19.9. The van der Waals surface area contributed by atoms with Crippen LogP contribution in [-0.2, 0) is 15.8 Å². The van der Waals surface area contributed by atoms with Crippen LogP contribution in [0.15, 0.2) is 65.5 Å². The average Bonchev–Trinajstić information content (AvgIpc) is 3.24. The third-order valence-electron chi connectivity index (χ3n) is 5.75. The Kier molecular flexibility index (Phi) is 5.73. The number of nitrogens with zero attached hydrogens (tertiary/aromatic N) is 5. The van der Waals surface area contributed by atoms with Gasteiger partial charge in [0, 0.05) is 37.8 Å². The van der Waals surface area contributed by atoms with Crippen molar-refractivity contribution in [2.75, 3.05) is 31.1 Å². The Morgan fingerprint density at radius 1 is 0.970 bits per heavy atom. The van der Waals surface area contributed by atoms with E-state index >= 15 is 0 Å². The number of anilines is 1. The lowest BCUT2D eigenvalue weighted by molar-refractivity contribution is 0.383. The van der Waals surface area contributed by atoms with Crippen LogP contribution in [0.4, 0.5) is 5.82 Å². The van der Waals surface area contributed by atoms with Crippen LogP contribution >= 0.6 is 11.3 Å². The molecule has 0 aliphatic carbocycles. The number of rotatable bonds is 5. The number of benzene rings is 2. The lowest BCUT2D eigenvalue weighted by atomic mass is 10.1. The molecule has 1 saturated heterocycles. The number of hydrogen-bond acceptors (Lipinski definition) is 7. The molecule has 0 bridgehead atoms. The molecule has 0 unspecified atom stereocenters. The van der Waals surface area contributed by atoms with E-state index in [9.17, 15) is 13.2 Å². The molecule has 0 atom stereocenters. The Labute approximate surface area is 195 Å². The largest absolute Gasteiger partial charge is 0.354 e. The van der Waals surface area contributed by atoms with Gasteiger partial charge in [-0.25, -0.2) is 13.4 Å². The van der Waals surface area contributed by atoms with Crippen LogP contribution in [0.3, 0.4) is 0 Å². The summed E-state index contributed by atoms with van der Waals surface area (Å²) >= 11 is 1.37. The van der Waals surface area contributed by atoms with Crippen molar-refractivity contribution in [3.8, 4) is 10.6 Å². The molecule has 1 aliphatic rings. The Balaban J connectivity index is 1.34. The first-order valence-corrected chi connectivity index (χ1v) is 13.1. The van der Waals surface area contributed by atoms with Gasteiger partial charge in [-0.3, -0.25) is 4.79 Å². The maximum absolute atomic E-state index is 12.8. The maximum Gasteiger partial charge on any atom is 0.277 e. The van der Waals surface area contributed by atoms with Crippen molar-refractivity contribution in [3.63, 3.8) is 0 Å². The predicted octanol–water partition coefficient (Wildman–Crippen LogP) is 2.78. The summed E-state index contributed by atoms with van der Waals surface area (Å²) in [7, 11) is -3.40. The van der Waals surface area contributed by atoms with Gasteiger partial charge in [-0.1, -0.05) is 65.9 Å². The minimum absolute atomic E-state index is 0.0120. The fourth-order valence-corrected chi connectivity index (χ4v) is 6.46. The van der Waals surface area contributed by atoms with Crippen LogP contribution in [0, 0.1) is 6.92 Å². The Bertz CT molecular complexity index is 1460. The fourth-order valence-electron chi connectivity index (χ4n) is 3.95. The summed E-state index contributed by atoms with van der Waals surface area (Å²) in [5, 5.41) is 5.21. The van der Waals surface area contributed by atoms with Crippen molar-refractivity contribution in [2.24, 2.45) is 0 Å². The van der Waals surface area contributed by atoms with Crippen LogP contribution in [0.1, 0.15) is 11.1 Å². The molecule has 5 rings (SSSR count). The van der Waals surface area contributed by atoms with E-state index in [0.717, 1.165) is 21.7 Å². The van der Waals surface area contributed by atoms with Gasteiger partial charge in [0.15, 0.2) is 0 Å². The smallest absolute Gasteiger partial charge is 0.277 e. The molecule has 33 heavy (non-hydrogen) atoms. The van der Waals surface area contributed by atoms with E-state index in [1.54, 1.807) is 0 Å². The highest BCUT2D eigenvalue weighted by Gasteiger charge is 2.28. The monoisotopic (exact) mass is 481 g/mol. The van der Waals surface area contributed by atoms with E-state index in [0.29, 0.717) is 37.0 Å². The molecule has 1 fully saturated rings. The number of sulfonamides is 1. The molecule has 1 aliphatic heterocycles. The molecular weight excluding hydrogens is 458 g/mol. The number of fused-ring (bicyclic) bond motifs is 1. The number of aryl methyl sites for hydroxylation is 1. The third-order valence-corrected chi connectivity index (χ3v) is 8.55. The van der Waals surface area contributed by atoms with Gasteiger partial charge >= 0.3 is 0 Å². The first-order chi connectivity index (χ1) is 15.9. The average molecular weight is 482 g/mol. The molecule has 2 aromatic heterocycles. The van der Waals surface area contributed by atoms with Crippen molar-refractivity contribution in [1.82, 2.24) is 18.9 Å². The molecule has 0 N–H and O–H groups in total. The second kappa shape index (κ2) is 8.69. The Morgan fingerprint density at radius 2 is 1.67 bits per heavy atom. The van der Waals surface area contributed by atoms with Crippen LogP contribution < -0.4 is 10.5 Å². The highest BCUT2D eigenvalue weighted by molar-refractivity contribution is 7.88. The lowest BCUT2D eigenvalue weighted by Crippen LogP contribution is -2.49. The van der Waals surface area contributed by atoms with Crippen LogP contribution in [-0.4, -0.2) is 53.5 Å². The van der Waals surface area contributed by atoms with Crippen molar-refractivity contribution < 1.29 is 8.42 Å². The van der Waals surface area contributed by atoms with E-state index in [-0.39, 0.29) is 11.3 Å². The third kappa shape index (κ3) is 4.41. The second-order valence-electron chi connectivity index (χ2n) is 8.00. The lowest BCUT2D eigenvalue weighted by Gasteiger charge is -2.34. The van der Waals surface area contributed by atoms with Crippen molar-refractivity contribution >= 4 is 32.1 Å². The summed E-state index contributed by atoms with van der Waals surface area (Å²) in [6.45, 7) is 3.66. The van der Waals surface area contributed by atoms with Gasteiger partial charge in [0.2, 0.25) is 15.0 Å². The van der Waals surface area contributed by atoms with E-state index in [1.807, 2.05) is 66.4 Å². The first-order valence-electron chi connectivity index (χ1n) is 10.6. The van der Waals surface area contributed by atoms with Gasteiger partial charge in [-0.2, -0.15) is 13.9 Å². The molecule has 3 heterocycles. The van der Waals surface area contributed by atoms with Crippen LogP contribution in [0.2, 0.25) is 0 Å². The normalized spacial score (nSPS) is 15.2. The highest BCUT2D eigenvalue weighted by atomic mass is 32.2. The van der Waals surface area contributed by atoms with E-state index in [1.165, 1.54) is 26.2 Å². The fraction of sp³-hybridized carbons (Fsp3) is 0.261. The molecule has 0 radical (unpaired) electrons. The molecule has 170 valence electrons. The van der Waals surface area contributed by atoms with Gasteiger partial charge in [0.05, 0.1) is 5.75 Å². The molecule has 2 aromatic carbocycles. The Hall–Kier alpha value is -3.08. The van der Waals surface area contributed by atoms with Gasteiger partial charge in [-0.05, 0) is 18.1 Å². The minimum Gasteiger partial charge on any atom is -0.354 e. The molecule has 4 aromatic rings. The van der Waals surface area contributed by atoms with E-state index in [4.69, 9.17) is 0 Å². The zero-order valence-corrected chi connectivity index (χ0v) is 19.7. The quantitative estimate of drug-likeness (QED) is 0.436. The highest BCUT2D eigenvalue weighted by Crippen LogP contribution is 2.28. The summed E-state index contributed by atoms with van der Waals surface area (Å²) in [5.74, 6) is 0.544. The zero-order chi connectivity index (χ0) is 23.0. The maximum atomic E-state index is 12.8. The SMILES string of the molecule is Cc1ccccc1-c1nn2c(=O)cc(N3CCN(S(=O)(=O)Cc4ccccc4)CC3)nc2s1. The predicted molar refractivity (Wildman–Crippen MR) is 130 cm³/mol. The minimum atomic E-state index is -3.40. The van der Waals surface area contributed by atoms with E-state index in [2.05, 4.69) is 10.1 Å². The van der Waals surface area contributed by atoms with Gasteiger partial charge in [0.1, 0.15) is 10.8 Å². The zero-order valence-electron chi connectivity index (χ0n) is 18.1. The molecular formula is C23H23N5O3S2. The summed E-state index contributed by atoms with van der Waals surface area (Å²) in [6.07, 6.45) is 0. The van der Waals surface area contributed by atoms with Crippen molar-refractivity contribution in [2.45, 2.75) is 12.7 Å². The second-order valence-corrected chi connectivity index (χ2v) is 10.9. The molecule has 0 saturated carbocycles. The van der Waals surface area contributed by atoms with Crippen molar-refractivity contribution in [3.05, 3.63) is 82.1 Å². The number of piperazine rings is 1. The van der Waals surface area contributed by atoms with Crippen LogP contribution in [0.5, 0.6) is 0 Å². The Morgan fingerprint density at radius 3 is 2.39 bits per heavy atom. The summed E-state index contributed by atoms with van der Waals surface area (Å²) in [5.41, 5.74) is 2.59. The number of aromatic nitrogens is 3. The first kappa shape index (κ1) is 21.7. The topological polar surface area (TPSA) is 87.9 Å². The van der Waals surface area contributed by atoms with Gasteiger partial charge in [0.25, 0.3) is 5.56 Å². The molecule has 0 amide bonds. The van der Waals surface area contributed by atoms with Gasteiger partial charge < -0.3 is 4.90 Å². The van der Waals surface area contributed by atoms with Gasteiger partial charge in [-0.15, -0.1) is 0 Å². The van der Waals surface area contributed by atoms with E-state index < -0.39 is 10.0 Å². The molecule has 10 heteroatoms.